The smallest absolute Gasteiger partial charge is 0.207 e. The third-order valence-corrected chi connectivity index (χ3v) is 4.31. The molecule has 0 spiro atoms. The SMILES string of the molecule is S=C(N/N=C\c1ccc(Cl)c(Cl)c1)N/N=C/c1ccc(Cl)c(Cl)c1. The Morgan fingerprint density at radius 3 is 1.54 bits per heavy atom. The molecular formula is C15H10Cl4N4S. The zero-order chi connectivity index (χ0) is 17.5. The van der Waals surface area contributed by atoms with E-state index < -0.39 is 0 Å². The minimum absolute atomic E-state index is 0.225. The molecule has 0 atom stereocenters. The highest BCUT2D eigenvalue weighted by molar-refractivity contribution is 7.80. The van der Waals surface area contributed by atoms with Crippen LogP contribution >= 0.6 is 58.6 Å². The Morgan fingerprint density at radius 1 is 0.750 bits per heavy atom. The van der Waals surface area contributed by atoms with Crippen LogP contribution in [0.25, 0.3) is 0 Å². The lowest BCUT2D eigenvalue weighted by molar-refractivity contribution is 0.935. The van der Waals surface area contributed by atoms with Crippen LogP contribution in [-0.4, -0.2) is 17.5 Å². The number of thiocarbonyl (C=S) groups is 1. The van der Waals surface area contributed by atoms with E-state index in [1.165, 1.54) is 0 Å². The monoisotopic (exact) mass is 418 g/mol. The molecule has 9 heteroatoms. The molecule has 124 valence electrons. The zero-order valence-corrected chi connectivity index (χ0v) is 15.8. The highest BCUT2D eigenvalue weighted by atomic mass is 35.5. The van der Waals surface area contributed by atoms with Gasteiger partial charge in [-0.25, -0.2) is 0 Å². The van der Waals surface area contributed by atoms with E-state index in [2.05, 4.69) is 21.1 Å². The average molecular weight is 420 g/mol. The summed E-state index contributed by atoms with van der Waals surface area (Å²) in [7, 11) is 0. The van der Waals surface area contributed by atoms with Crippen molar-refractivity contribution in [3.05, 3.63) is 67.6 Å². The number of hydrogen-bond acceptors (Lipinski definition) is 3. The van der Waals surface area contributed by atoms with Crippen molar-refractivity contribution >= 4 is 76.2 Å². The van der Waals surface area contributed by atoms with Crippen LogP contribution in [-0.2, 0) is 0 Å². The Hall–Kier alpha value is -1.37. The summed E-state index contributed by atoms with van der Waals surface area (Å²) in [6.45, 7) is 0. The van der Waals surface area contributed by atoms with Crippen molar-refractivity contribution in [3.63, 3.8) is 0 Å². The lowest BCUT2D eigenvalue weighted by Crippen LogP contribution is -2.28. The predicted molar refractivity (Wildman–Crippen MR) is 107 cm³/mol. The van der Waals surface area contributed by atoms with Gasteiger partial charge in [0.1, 0.15) is 0 Å². The summed E-state index contributed by atoms with van der Waals surface area (Å²) in [5.74, 6) is 0. The number of nitrogens with zero attached hydrogens (tertiary/aromatic N) is 2. The van der Waals surface area contributed by atoms with Crippen LogP contribution in [0.15, 0.2) is 46.6 Å². The fourth-order valence-corrected chi connectivity index (χ4v) is 2.26. The average Bonchev–Trinajstić information content (AvgIpc) is 2.54. The van der Waals surface area contributed by atoms with Gasteiger partial charge in [-0.3, -0.25) is 10.9 Å². The summed E-state index contributed by atoms with van der Waals surface area (Å²) in [5.41, 5.74) is 6.80. The number of benzene rings is 2. The predicted octanol–water partition coefficient (Wildman–Crippen LogP) is 5.13. The molecule has 0 aliphatic heterocycles. The third-order valence-electron chi connectivity index (χ3n) is 2.65. The van der Waals surface area contributed by atoms with Gasteiger partial charge in [-0.15, -0.1) is 0 Å². The highest BCUT2D eigenvalue weighted by Crippen LogP contribution is 2.22. The lowest BCUT2D eigenvalue weighted by Gasteiger charge is -2.02. The fraction of sp³-hybridized carbons (Fsp3) is 0. The number of rotatable bonds is 4. The summed E-state index contributed by atoms with van der Waals surface area (Å²) < 4.78 is 0. The van der Waals surface area contributed by atoms with E-state index in [0.29, 0.717) is 20.1 Å². The molecule has 0 radical (unpaired) electrons. The normalized spacial score (nSPS) is 11.2. The van der Waals surface area contributed by atoms with Crippen molar-refractivity contribution in [1.29, 1.82) is 0 Å². The molecule has 0 saturated carbocycles. The van der Waals surface area contributed by atoms with Crippen LogP contribution < -0.4 is 10.9 Å². The van der Waals surface area contributed by atoms with Crippen molar-refractivity contribution in [3.8, 4) is 0 Å². The van der Waals surface area contributed by atoms with E-state index in [9.17, 15) is 0 Å². The minimum atomic E-state index is 0.225. The quantitative estimate of drug-likeness (QED) is 0.410. The van der Waals surface area contributed by atoms with Crippen LogP contribution in [0.3, 0.4) is 0 Å². The molecule has 0 saturated heterocycles. The molecule has 0 unspecified atom stereocenters. The van der Waals surface area contributed by atoms with Crippen LogP contribution in [0.4, 0.5) is 0 Å². The van der Waals surface area contributed by atoms with Gasteiger partial charge in [-0.2, -0.15) is 10.2 Å². The first-order chi connectivity index (χ1) is 11.5. The van der Waals surface area contributed by atoms with Crippen molar-refractivity contribution < 1.29 is 0 Å². The van der Waals surface area contributed by atoms with Crippen molar-refractivity contribution in [2.45, 2.75) is 0 Å². The maximum absolute atomic E-state index is 5.91. The molecule has 0 aliphatic rings. The van der Waals surface area contributed by atoms with Gasteiger partial charge in [0.2, 0.25) is 5.11 Å². The second-order valence-electron chi connectivity index (χ2n) is 4.42. The first-order valence-corrected chi connectivity index (χ1v) is 8.40. The molecule has 2 aromatic rings. The number of nitrogens with one attached hydrogen (secondary N) is 2. The van der Waals surface area contributed by atoms with Crippen LogP contribution in [0.5, 0.6) is 0 Å². The van der Waals surface area contributed by atoms with Crippen molar-refractivity contribution in [1.82, 2.24) is 10.9 Å². The largest absolute Gasteiger partial charge is 0.252 e. The highest BCUT2D eigenvalue weighted by Gasteiger charge is 1.98. The molecule has 2 N–H and O–H groups in total. The fourth-order valence-electron chi connectivity index (χ4n) is 1.54. The number of halogens is 4. The molecule has 0 heterocycles. The molecule has 4 nitrogen and oxygen atoms in total. The Kier molecular flexibility index (Phi) is 7.27. The lowest BCUT2D eigenvalue weighted by atomic mass is 10.2. The van der Waals surface area contributed by atoms with Gasteiger partial charge in [0.15, 0.2) is 0 Å². The Labute approximate surface area is 164 Å². The summed E-state index contributed by atoms with van der Waals surface area (Å²) in [6, 6.07) is 10.3. The maximum Gasteiger partial charge on any atom is 0.207 e. The topological polar surface area (TPSA) is 48.8 Å². The number of hydrogen-bond donors (Lipinski definition) is 2. The summed E-state index contributed by atoms with van der Waals surface area (Å²) in [4.78, 5) is 0. The number of hydrazone groups is 2. The van der Waals surface area contributed by atoms with Crippen LogP contribution in [0.2, 0.25) is 20.1 Å². The molecular weight excluding hydrogens is 410 g/mol. The third kappa shape index (κ3) is 5.92. The van der Waals surface area contributed by atoms with Gasteiger partial charge < -0.3 is 0 Å². The second-order valence-corrected chi connectivity index (χ2v) is 6.45. The Balaban J connectivity index is 1.84. The van der Waals surface area contributed by atoms with E-state index in [1.807, 2.05) is 0 Å². The molecule has 2 rings (SSSR count). The molecule has 0 fully saturated rings. The van der Waals surface area contributed by atoms with Crippen LogP contribution in [0, 0.1) is 0 Å². The van der Waals surface area contributed by atoms with Gasteiger partial charge >= 0.3 is 0 Å². The van der Waals surface area contributed by atoms with E-state index >= 15 is 0 Å². The summed E-state index contributed by atoms with van der Waals surface area (Å²) in [6.07, 6.45) is 3.11. The van der Waals surface area contributed by atoms with Gasteiger partial charge in [0.05, 0.1) is 32.5 Å². The van der Waals surface area contributed by atoms with E-state index in [1.54, 1.807) is 48.8 Å². The van der Waals surface area contributed by atoms with Gasteiger partial charge in [-0.1, -0.05) is 58.5 Å². The standard InChI is InChI=1S/C15H10Cl4N4S/c16-11-3-1-9(5-13(11)18)7-20-22-15(24)23-21-8-10-2-4-12(17)14(19)6-10/h1-8H,(H2,22,23,24)/b20-7-,21-8+. The van der Waals surface area contributed by atoms with Gasteiger partial charge in [0.25, 0.3) is 0 Å². The Morgan fingerprint density at radius 2 is 1.17 bits per heavy atom. The molecule has 0 bridgehead atoms. The summed E-state index contributed by atoms with van der Waals surface area (Å²) >= 11 is 28.5. The molecule has 24 heavy (non-hydrogen) atoms. The van der Waals surface area contributed by atoms with Crippen molar-refractivity contribution in [2.75, 3.05) is 0 Å². The van der Waals surface area contributed by atoms with Gasteiger partial charge in [-0.05, 0) is 47.6 Å². The maximum atomic E-state index is 5.91. The first kappa shape index (κ1) is 19.0. The second kappa shape index (κ2) is 9.20. The molecule has 2 aromatic carbocycles. The Bertz CT molecular complexity index is 743. The zero-order valence-electron chi connectivity index (χ0n) is 11.9. The van der Waals surface area contributed by atoms with Gasteiger partial charge in [0, 0.05) is 0 Å². The van der Waals surface area contributed by atoms with E-state index in [0.717, 1.165) is 11.1 Å². The van der Waals surface area contributed by atoms with E-state index in [4.69, 9.17) is 58.6 Å². The van der Waals surface area contributed by atoms with Crippen molar-refractivity contribution in [2.24, 2.45) is 10.2 Å². The van der Waals surface area contributed by atoms with Crippen LogP contribution in [0.1, 0.15) is 11.1 Å². The molecule has 0 aromatic heterocycles. The molecule has 0 aliphatic carbocycles. The minimum Gasteiger partial charge on any atom is -0.252 e. The molecule has 0 amide bonds. The first-order valence-electron chi connectivity index (χ1n) is 6.48. The van der Waals surface area contributed by atoms with E-state index in [-0.39, 0.29) is 5.11 Å². The summed E-state index contributed by atoms with van der Waals surface area (Å²) in [5, 5.41) is 10.0.